The molecule has 0 aliphatic heterocycles. The number of imidazole rings is 1. The Bertz CT molecular complexity index is 3190. The van der Waals surface area contributed by atoms with Crippen LogP contribution in [-0.4, -0.2) is 19.6 Å². The Labute approximate surface area is 370 Å². The number of pyridine rings is 1. The summed E-state index contributed by atoms with van der Waals surface area (Å²) in [5.74, 6) is -0.592. The van der Waals surface area contributed by atoms with Gasteiger partial charge in [-0.3, -0.25) is 9.55 Å². The van der Waals surface area contributed by atoms with E-state index in [1.54, 1.807) is 59.3 Å². The molecule has 6 aromatic carbocycles. The number of hydrogen-bond donors (Lipinski definition) is 1. The van der Waals surface area contributed by atoms with E-state index in [4.69, 9.17) is 17.3 Å². The van der Waals surface area contributed by atoms with Crippen molar-refractivity contribution in [3.63, 3.8) is 0 Å². The molecule has 8 rings (SSSR count). The molecule has 0 atom stereocenters. The molecule has 0 spiro atoms. The number of fused-ring (bicyclic) bond motifs is 1. The van der Waals surface area contributed by atoms with Gasteiger partial charge in [-0.2, -0.15) is 0 Å². The van der Waals surface area contributed by atoms with Crippen LogP contribution in [0.5, 0.6) is 5.75 Å². The fraction of sp³-hybridized carbons (Fsp3) is 0.208. The summed E-state index contributed by atoms with van der Waals surface area (Å²) in [6, 6.07) is 32.8. The van der Waals surface area contributed by atoms with Crippen LogP contribution in [0.3, 0.4) is 0 Å². The van der Waals surface area contributed by atoms with Crippen molar-refractivity contribution < 1.29 is 38.5 Å². The molecule has 0 aliphatic rings. The summed E-state index contributed by atoms with van der Waals surface area (Å²) in [6.45, 7) is 11.5. The zero-order valence-electron chi connectivity index (χ0n) is 42.6. The minimum absolute atomic E-state index is 0. The van der Waals surface area contributed by atoms with Gasteiger partial charge in [-0.25, -0.2) is 4.98 Å². The van der Waals surface area contributed by atoms with E-state index in [9.17, 15) is 5.11 Å². The van der Waals surface area contributed by atoms with Crippen molar-refractivity contribution in [3.05, 3.63) is 168 Å². The Morgan fingerprint density at radius 2 is 1.48 bits per heavy atom. The molecular weight excluding hydrogens is 890 g/mol. The summed E-state index contributed by atoms with van der Waals surface area (Å²) in [5.41, 5.74) is 8.69. The Balaban J connectivity index is 0.00000666. The minimum atomic E-state index is -2.60. The van der Waals surface area contributed by atoms with E-state index in [0.29, 0.717) is 61.6 Å². The second kappa shape index (κ2) is 16.4. The third kappa shape index (κ3) is 7.71. The number of phenolic OH excluding ortho intramolecular Hbond substituents is 1. The van der Waals surface area contributed by atoms with E-state index in [0.717, 1.165) is 22.3 Å². The van der Waals surface area contributed by atoms with Gasteiger partial charge < -0.3 is 5.11 Å². The van der Waals surface area contributed by atoms with Crippen molar-refractivity contribution in [2.75, 3.05) is 0 Å². The number of aromatic nitrogens is 3. The van der Waals surface area contributed by atoms with Crippen LogP contribution in [0.2, 0.25) is 0 Å². The summed E-state index contributed by atoms with van der Waals surface area (Å²) in [4.78, 5) is 9.93. The number of para-hydroxylation sites is 2. The summed E-state index contributed by atoms with van der Waals surface area (Å²) in [7, 11) is 0. The van der Waals surface area contributed by atoms with Gasteiger partial charge in [0.05, 0.1) is 29.1 Å². The summed E-state index contributed by atoms with van der Waals surface area (Å²) >= 11 is 0. The van der Waals surface area contributed by atoms with E-state index >= 15 is 0 Å². The van der Waals surface area contributed by atoms with E-state index in [1.165, 1.54) is 0 Å². The van der Waals surface area contributed by atoms with Crippen LogP contribution in [0, 0.1) is 12.9 Å². The van der Waals surface area contributed by atoms with Crippen molar-refractivity contribution in [3.8, 4) is 67.5 Å². The quantitative estimate of drug-likeness (QED) is 0.154. The molecular formula is C53H50N3OPt-. The maximum atomic E-state index is 11.4. The van der Waals surface area contributed by atoms with E-state index < -0.39 is 30.9 Å². The second-order valence-electron chi connectivity index (χ2n) is 16.0. The van der Waals surface area contributed by atoms with Gasteiger partial charge >= 0.3 is 0 Å². The first-order chi connectivity index (χ1) is 31.0. The molecule has 8 aromatic rings. The number of hydrogen-bond acceptors (Lipinski definition) is 3. The van der Waals surface area contributed by atoms with Crippen molar-refractivity contribution >= 4 is 11.0 Å². The summed E-state index contributed by atoms with van der Waals surface area (Å²) in [6.07, 6.45) is 1.55. The molecule has 0 radical (unpaired) electrons. The predicted octanol–water partition coefficient (Wildman–Crippen LogP) is 14.1. The summed E-state index contributed by atoms with van der Waals surface area (Å²) in [5, 5.41) is 11.4. The molecule has 0 fully saturated rings. The summed E-state index contributed by atoms with van der Waals surface area (Å²) < 4.78 is 79.7. The molecule has 4 nitrogen and oxygen atoms in total. The smallest absolute Gasteiger partial charge is 0.148 e. The average Bonchev–Trinajstić information content (AvgIpc) is 3.66. The normalized spacial score (nSPS) is 14.3. The van der Waals surface area contributed by atoms with Crippen molar-refractivity contribution in [1.29, 1.82) is 0 Å². The SMILES string of the molecule is [2H]c1c([2H])c([2H])c(-c2ccnc(-c3[c-]c(-c4cccc5c4nc(-c4ccccc4O)n5-c4ccc(-c5c(C(C)C)cccc5C([2H])(C)C)cc4C([2H])([2H])[2H])cc(C(C)(C)C)c3)c2)c([2H])c1[2H].[Pt]. The zero-order chi connectivity index (χ0) is 47.8. The fourth-order valence-electron chi connectivity index (χ4n) is 7.49. The van der Waals surface area contributed by atoms with Gasteiger partial charge in [0.2, 0.25) is 0 Å². The molecule has 0 bridgehead atoms. The number of aromatic hydroxyl groups is 1. The Morgan fingerprint density at radius 1 is 0.759 bits per heavy atom. The molecule has 0 saturated heterocycles. The molecule has 58 heavy (non-hydrogen) atoms. The van der Waals surface area contributed by atoms with Gasteiger partial charge in [-0.1, -0.05) is 144 Å². The number of phenols is 1. The Morgan fingerprint density at radius 3 is 2.21 bits per heavy atom. The molecule has 0 saturated carbocycles. The van der Waals surface area contributed by atoms with Crippen LogP contribution in [0.4, 0.5) is 0 Å². The van der Waals surface area contributed by atoms with E-state index in [-0.39, 0.29) is 61.4 Å². The third-order valence-corrected chi connectivity index (χ3v) is 10.5. The van der Waals surface area contributed by atoms with Gasteiger partial charge in [-0.05, 0) is 99.4 Å². The predicted molar refractivity (Wildman–Crippen MR) is 238 cm³/mol. The van der Waals surface area contributed by atoms with Crippen LogP contribution >= 0.6 is 0 Å². The molecule has 1 N–H and O–H groups in total. The van der Waals surface area contributed by atoms with Crippen LogP contribution in [0.15, 0.2) is 140 Å². The first-order valence-electron chi connectivity index (χ1n) is 23.7. The first-order valence-corrected chi connectivity index (χ1v) is 19.2. The molecule has 0 amide bonds. The topological polar surface area (TPSA) is 50.9 Å². The molecule has 2 aromatic heterocycles. The number of aryl methyl sites for hydroxylation is 1. The molecule has 0 unspecified atom stereocenters. The number of nitrogens with zero attached hydrogens (tertiary/aromatic N) is 3. The van der Waals surface area contributed by atoms with Gasteiger partial charge in [0.25, 0.3) is 0 Å². The van der Waals surface area contributed by atoms with E-state index in [1.807, 2.05) is 68.4 Å². The standard InChI is InChI=1S/C53H50N3O.Pt/c1-33(2)42-19-14-20-43(34(3)4)50(42)38-24-25-47(35(5)28-38)56-48-22-15-21-44(51(48)55-52(56)45-18-12-13-23-49(45)57)39-29-40(31-41(30-39)53(6,7)8)46-32-37(26-27-54-46)36-16-10-9-11-17-36;/h9-28,30-34,57H,1-8H3;/q-1;/i5D3,9D,10D,11D,16D,17D,33D;. The molecule has 294 valence electrons. The maximum absolute atomic E-state index is 11.4. The maximum Gasteiger partial charge on any atom is 0.148 e. The first kappa shape index (κ1) is 30.5. The fourth-order valence-corrected chi connectivity index (χ4v) is 7.49. The van der Waals surface area contributed by atoms with Crippen molar-refractivity contribution in [2.45, 2.75) is 72.5 Å². The second-order valence-corrected chi connectivity index (χ2v) is 16.0. The molecule has 2 heterocycles. The monoisotopic (exact) mass is 948 g/mol. The van der Waals surface area contributed by atoms with Crippen LogP contribution in [0.1, 0.15) is 94.9 Å². The molecule has 5 heteroatoms. The van der Waals surface area contributed by atoms with Crippen LogP contribution < -0.4 is 0 Å². The van der Waals surface area contributed by atoms with Gasteiger partial charge in [0.1, 0.15) is 11.6 Å². The number of rotatable bonds is 8. The average molecular weight is 949 g/mol. The Hall–Kier alpha value is -5.57. The van der Waals surface area contributed by atoms with Crippen molar-refractivity contribution in [2.24, 2.45) is 0 Å². The Kier molecular flexibility index (Phi) is 8.60. The van der Waals surface area contributed by atoms with Crippen LogP contribution in [-0.2, 0) is 26.5 Å². The van der Waals surface area contributed by atoms with Gasteiger partial charge in [0.15, 0.2) is 0 Å². The zero-order valence-corrected chi connectivity index (χ0v) is 35.8. The van der Waals surface area contributed by atoms with Crippen LogP contribution in [0.25, 0.3) is 72.7 Å². The van der Waals surface area contributed by atoms with Gasteiger partial charge in [0, 0.05) is 38.4 Å². The van der Waals surface area contributed by atoms with Crippen molar-refractivity contribution in [1.82, 2.24) is 14.5 Å². The third-order valence-electron chi connectivity index (χ3n) is 10.5. The van der Waals surface area contributed by atoms with Gasteiger partial charge in [-0.15, -0.1) is 29.3 Å². The number of benzene rings is 6. The van der Waals surface area contributed by atoms with E-state index in [2.05, 4.69) is 45.7 Å². The molecule has 0 aliphatic carbocycles. The largest absolute Gasteiger partial charge is 0.507 e. The minimum Gasteiger partial charge on any atom is -0.507 e.